The van der Waals surface area contributed by atoms with Crippen molar-refractivity contribution >= 4 is 12.1 Å². The highest BCUT2D eigenvalue weighted by molar-refractivity contribution is 5.84. The van der Waals surface area contributed by atoms with E-state index in [0.717, 1.165) is 6.92 Å². The van der Waals surface area contributed by atoms with Crippen molar-refractivity contribution in [2.75, 3.05) is 13.2 Å². The second-order valence-corrected chi connectivity index (χ2v) is 5.96. The molecule has 0 aromatic carbocycles. The smallest absolute Gasteiger partial charge is 0.244 e. The number of nitrogens with two attached hydrogens (primary N) is 1. The molecule has 0 bridgehead atoms. The summed E-state index contributed by atoms with van der Waals surface area (Å²) in [4.78, 5) is 21.0. The number of aldehydes is 1. The van der Waals surface area contributed by atoms with E-state index in [4.69, 9.17) is 41.1 Å². The lowest BCUT2D eigenvalue weighted by Crippen LogP contribution is -2.70. The van der Waals surface area contributed by atoms with Crippen molar-refractivity contribution in [3.05, 3.63) is 0 Å². The Morgan fingerprint density at radius 1 is 1.15 bits per heavy atom. The van der Waals surface area contributed by atoms with E-state index in [-0.39, 0.29) is 6.29 Å². The van der Waals surface area contributed by atoms with Crippen LogP contribution in [-0.2, 0) is 14.3 Å². The van der Waals surface area contributed by atoms with E-state index in [1.165, 1.54) is 0 Å². The minimum Gasteiger partial charge on any atom is -0.394 e. The van der Waals surface area contributed by atoms with Gasteiger partial charge in [0, 0.05) is 6.92 Å². The quantitative estimate of drug-likeness (QED) is 0.178. The predicted octanol–water partition coefficient (Wildman–Crippen LogP) is -6.67. The molecule has 160 valence electrons. The van der Waals surface area contributed by atoms with Crippen molar-refractivity contribution in [2.45, 2.75) is 61.5 Å². The van der Waals surface area contributed by atoms with Crippen molar-refractivity contribution in [2.24, 2.45) is 5.73 Å². The Hall–Kier alpha value is -1.10. The summed E-state index contributed by atoms with van der Waals surface area (Å²) in [6.07, 6.45) is -11.1. The van der Waals surface area contributed by atoms with Crippen LogP contribution in [0, 0.1) is 0 Å². The Morgan fingerprint density at radius 3 is 2.04 bits per heavy atom. The number of aliphatic hydroxyl groups excluding tert-OH is 8. The minimum atomic E-state index is -2.37. The maximum atomic E-state index is 11.1. The van der Waals surface area contributed by atoms with Gasteiger partial charge in [-0.05, 0) is 0 Å². The highest BCUT2D eigenvalue weighted by Crippen LogP contribution is 2.27. The summed E-state index contributed by atoms with van der Waals surface area (Å²) in [6, 6.07) is -1.45. The van der Waals surface area contributed by atoms with Crippen molar-refractivity contribution in [1.82, 2.24) is 0 Å². The molecule has 0 amide bonds. The average molecular weight is 401 g/mol. The van der Waals surface area contributed by atoms with Gasteiger partial charge in [0.2, 0.25) is 5.79 Å². The summed E-state index contributed by atoms with van der Waals surface area (Å²) < 4.78 is 4.80. The number of hydrogen-bond acceptors (Lipinski definition) is 13. The molecular weight excluding hydrogens is 374 g/mol. The van der Waals surface area contributed by atoms with Crippen LogP contribution in [-0.4, -0.2) is 126 Å². The van der Waals surface area contributed by atoms with Crippen LogP contribution in [0.5, 0.6) is 0 Å². The highest BCUT2D eigenvalue weighted by Gasteiger charge is 2.54. The lowest BCUT2D eigenvalue weighted by Gasteiger charge is -2.44. The number of carbonyl (C=O) groups is 2. The molecule has 1 heterocycles. The van der Waals surface area contributed by atoms with Crippen LogP contribution in [0.25, 0.3) is 0 Å². The SMILES string of the molecule is CC(=O)C1(O)O[C@H](CO)[C@@H](O)[C@H](O)[C@H]1N.O=C[C@H](O)[C@@H](O)[C@H](O)[C@H](O)CO. The Morgan fingerprint density at radius 2 is 1.67 bits per heavy atom. The predicted molar refractivity (Wildman–Crippen MR) is 84.8 cm³/mol. The van der Waals surface area contributed by atoms with Crippen LogP contribution in [0.3, 0.4) is 0 Å². The van der Waals surface area contributed by atoms with Gasteiger partial charge in [0.05, 0.1) is 19.3 Å². The summed E-state index contributed by atoms with van der Waals surface area (Å²) in [5.74, 6) is -3.16. The van der Waals surface area contributed by atoms with E-state index < -0.39 is 73.6 Å². The number of Topliss-reactive ketones (excluding diaryl/α,β-unsaturated/α-hetero) is 1. The minimum absolute atomic E-state index is 0.0258. The summed E-state index contributed by atoms with van der Waals surface area (Å²) in [5, 5.41) is 80.9. The van der Waals surface area contributed by atoms with Gasteiger partial charge in [-0.15, -0.1) is 0 Å². The Balaban J connectivity index is 0.000000516. The van der Waals surface area contributed by atoms with E-state index in [0.29, 0.717) is 0 Å². The molecule has 1 fully saturated rings. The maximum absolute atomic E-state index is 11.1. The van der Waals surface area contributed by atoms with Gasteiger partial charge in [0.25, 0.3) is 0 Å². The monoisotopic (exact) mass is 401 g/mol. The molecule has 1 rings (SSSR count). The molecule has 0 radical (unpaired) electrons. The van der Waals surface area contributed by atoms with E-state index in [1.54, 1.807) is 0 Å². The zero-order valence-corrected chi connectivity index (χ0v) is 14.4. The van der Waals surface area contributed by atoms with Crippen LogP contribution in [0.15, 0.2) is 0 Å². The first-order valence-electron chi connectivity index (χ1n) is 7.81. The first kappa shape index (κ1) is 25.9. The molecule has 0 aromatic rings. The first-order valence-corrected chi connectivity index (χ1v) is 7.81. The average Bonchev–Trinajstić information content (AvgIpc) is 2.66. The van der Waals surface area contributed by atoms with Gasteiger partial charge >= 0.3 is 0 Å². The van der Waals surface area contributed by atoms with Crippen molar-refractivity contribution < 1.29 is 60.3 Å². The molecule has 13 heteroatoms. The van der Waals surface area contributed by atoms with Crippen LogP contribution in [0.4, 0.5) is 0 Å². The van der Waals surface area contributed by atoms with Gasteiger partial charge in [-0.2, -0.15) is 0 Å². The molecule has 1 aliphatic rings. The molecule has 0 saturated carbocycles. The van der Waals surface area contributed by atoms with Crippen molar-refractivity contribution in [3.63, 3.8) is 0 Å². The topological polar surface area (TPSA) is 251 Å². The molecule has 27 heavy (non-hydrogen) atoms. The number of carbonyl (C=O) groups excluding carboxylic acids is 2. The third-order valence-corrected chi connectivity index (χ3v) is 3.99. The van der Waals surface area contributed by atoms with E-state index in [9.17, 15) is 24.9 Å². The van der Waals surface area contributed by atoms with Crippen LogP contribution in [0.1, 0.15) is 6.92 Å². The molecule has 0 aliphatic carbocycles. The second-order valence-electron chi connectivity index (χ2n) is 5.96. The summed E-state index contributed by atoms with van der Waals surface area (Å²) >= 11 is 0. The zero-order chi connectivity index (χ0) is 21.5. The van der Waals surface area contributed by atoms with Gasteiger partial charge < -0.3 is 61.2 Å². The van der Waals surface area contributed by atoms with Gasteiger partial charge in [0.1, 0.15) is 42.7 Å². The second kappa shape index (κ2) is 11.0. The fourth-order valence-corrected chi connectivity index (χ4v) is 2.12. The van der Waals surface area contributed by atoms with Gasteiger partial charge in [-0.1, -0.05) is 0 Å². The van der Waals surface area contributed by atoms with Gasteiger partial charge in [-0.3, -0.25) is 4.79 Å². The number of ether oxygens (including phenoxy) is 1. The standard InChI is InChI=1S/C8H15NO6.C6H12O6/c1-3(11)8(14)7(9)6(13)5(12)4(2-10)15-8;7-1-3(9)5(11)6(12)4(10)2-8/h4-7,10,12-14H,2,9H2,1H3;1,3-6,8-12H,2H2/t4-,5-,6+,7-,8?;3-,4+,5+,6+/m10/s1. The molecule has 0 spiro atoms. The summed E-state index contributed by atoms with van der Waals surface area (Å²) in [7, 11) is 0. The molecule has 1 saturated heterocycles. The van der Waals surface area contributed by atoms with Crippen molar-refractivity contribution in [3.8, 4) is 0 Å². The molecule has 1 unspecified atom stereocenters. The molecule has 9 atom stereocenters. The first-order chi connectivity index (χ1) is 12.4. The Bertz CT molecular complexity index is 477. The van der Waals surface area contributed by atoms with Crippen molar-refractivity contribution in [1.29, 1.82) is 0 Å². The normalized spacial score (nSPS) is 35.2. The van der Waals surface area contributed by atoms with Crippen LogP contribution >= 0.6 is 0 Å². The fourth-order valence-electron chi connectivity index (χ4n) is 2.12. The largest absolute Gasteiger partial charge is 0.394 e. The Labute approximate surface area is 153 Å². The number of ketones is 1. The van der Waals surface area contributed by atoms with Gasteiger partial charge in [-0.25, -0.2) is 0 Å². The summed E-state index contributed by atoms with van der Waals surface area (Å²) in [5.41, 5.74) is 5.38. The molecule has 11 N–H and O–H groups in total. The van der Waals surface area contributed by atoms with E-state index >= 15 is 0 Å². The number of hydrogen-bond donors (Lipinski definition) is 10. The van der Waals surface area contributed by atoms with Crippen LogP contribution in [0.2, 0.25) is 0 Å². The molecule has 0 aromatic heterocycles. The molecular formula is C14H27NO12. The Kier molecular flexibility index (Phi) is 10.6. The van der Waals surface area contributed by atoms with E-state index in [2.05, 4.69) is 0 Å². The molecule has 13 nitrogen and oxygen atoms in total. The highest BCUT2D eigenvalue weighted by atomic mass is 16.7. The van der Waals surface area contributed by atoms with E-state index in [1.807, 2.05) is 0 Å². The third-order valence-electron chi connectivity index (χ3n) is 3.99. The number of rotatable bonds is 7. The third kappa shape index (κ3) is 6.20. The van der Waals surface area contributed by atoms with Crippen LogP contribution < -0.4 is 5.73 Å². The maximum Gasteiger partial charge on any atom is 0.244 e. The zero-order valence-electron chi connectivity index (χ0n) is 14.4. The summed E-state index contributed by atoms with van der Waals surface area (Å²) in [6.45, 7) is -0.358. The lowest BCUT2D eigenvalue weighted by atomic mass is 9.89. The fraction of sp³-hybridized carbons (Fsp3) is 0.857. The molecule has 1 aliphatic heterocycles. The van der Waals surface area contributed by atoms with Gasteiger partial charge in [0.15, 0.2) is 12.1 Å². The number of aliphatic hydroxyl groups is 9. The lowest BCUT2D eigenvalue weighted by molar-refractivity contribution is -0.296.